The molecule has 0 spiro atoms. The third-order valence-corrected chi connectivity index (χ3v) is 3.77. The molecule has 0 atom stereocenters. The monoisotopic (exact) mass is 278 g/mol. The second-order valence-electron chi connectivity index (χ2n) is 5.31. The highest BCUT2D eigenvalue weighted by atomic mass is 32.1. The Hall–Kier alpha value is -1.36. The van der Waals surface area contributed by atoms with Gasteiger partial charge in [-0.15, -0.1) is 11.3 Å². The molecular weight excluding hydrogens is 256 g/mol. The molecule has 1 N–H and O–H groups in total. The third kappa shape index (κ3) is 4.06. The molecule has 2 aromatic rings. The second-order valence-corrected chi connectivity index (χ2v) is 6.25. The minimum Gasteiger partial charge on any atom is -0.355 e. The van der Waals surface area contributed by atoms with E-state index in [1.807, 2.05) is 13.8 Å². The molecule has 104 valence electrons. The molecule has 0 fully saturated rings. The molecule has 0 aromatic carbocycles. The Kier molecular flexibility index (Phi) is 4.58. The van der Waals surface area contributed by atoms with E-state index in [9.17, 15) is 0 Å². The van der Waals surface area contributed by atoms with E-state index in [2.05, 4.69) is 45.3 Å². The summed E-state index contributed by atoms with van der Waals surface area (Å²) in [6, 6.07) is 0. The number of imidazole rings is 1. The molecule has 0 saturated heterocycles. The molecule has 2 aromatic heterocycles. The molecule has 2 rings (SSSR count). The van der Waals surface area contributed by atoms with Crippen LogP contribution in [0.2, 0.25) is 0 Å². The Morgan fingerprint density at radius 3 is 2.68 bits per heavy atom. The van der Waals surface area contributed by atoms with Crippen LogP contribution in [0.4, 0.5) is 5.95 Å². The molecule has 0 bridgehead atoms. The van der Waals surface area contributed by atoms with Crippen LogP contribution >= 0.6 is 11.3 Å². The van der Waals surface area contributed by atoms with Crippen molar-refractivity contribution in [1.29, 1.82) is 0 Å². The van der Waals surface area contributed by atoms with Crippen molar-refractivity contribution in [2.24, 2.45) is 5.92 Å². The molecular formula is C14H22N4S. The van der Waals surface area contributed by atoms with Gasteiger partial charge in [-0.3, -0.25) is 0 Å². The highest BCUT2D eigenvalue weighted by Gasteiger charge is 2.07. The number of hydrogen-bond acceptors (Lipinski definition) is 4. The summed E-state index contributed by atoms with van der Waals surface area (Å²) < 4.78 is 2.20. The van der Waals surface area contributed by atoms with Crippen LogP contribution in [0.5, 0.6) is 0 Å². The van der Waals surface area contributed by atoms with Crippen LogP contribution in [-0.4, -0.2) is 21.1 Å². The van der Waals surface area contributed by atoms with Crippen LogP contribution in [-0.2, 0) is 13.0 Å². The Bertz CT molecular complexity index is 527. The lowest BCUT2D eigenvalue weighted by Gasteiger charge is -2.11. The summed E-state index contributed by atoms with van der Waals surface area (Å²) >= 11 is 1.73. The zero-order valence-corrected chi connectivity index (χ0v) is 12.9. The van der Waals surface area contributed by atoms with E-state index >= 15 is 0 Å². The van der Waals surface area contributed by atoms with Gasteiger partial charge in [0.05, 0.1) is 10.7 Å². The number of hydrogen-bond donors (Lipinski definition) is 1. The summed E-state index contributed by atoms with van der Waals surface area (Å²) in [6.45, 7) is 10.4. The summed E-state index contributed by atoms with van der Waals surface area (Å²) in [4.78, 5) is 9.00. The highest BCUT2D eigenvalue weighted by molar-refractivity contribution is 7.09. The van der Waals surface area contributed by atoms with Gasteiger partial charge in [0.25, 0.3) is 0 Å². The van der Waals surface area contributed by atoms with Gasteiger partial charge in [-0.2, -0.15) is 0 Å². The van der Waals surface area contributed by atoms with Gasteiger partial charge >= 0.3 is 0 Å². The van der Waals surface area contributed by atoms with Crippen molar-refractivity contribution < 1.29 is 0 Å². The summed E-state index contributed by atoms with van der Waals surface area (Å²) in [5.74, 6) is 1.59. The number of nitrogens with zero attached hydrogens (tertiary/aromatic N) is 3. The second kappa shape index (κ2) is 6.19. The van der Waals surface area contributed by atoms with E-state index in [4.69, 9.17) is 0 Å². The van der Waals surface area contributed by atoms with Gasteiger partial charge in [0.2, 0.25) is 5.95 Å². The van der Waals surface area contributed by atoms with Crippen molar-refractivity contribution >= 4 is 17.3 Å². The topological polar surface area (TPSA) is 42.7 Å². The van der Waals surface area contributed by atoms with Crippen LogP contribution in [0.3, 0.4) is 0 Å². The first kappa shape index (κ1) is 14.1. The van der Waals surface area contributed by atoms with Crippen molar-refractivity contribution in [2.75, 3.05) is 11.9 Å². The van der Waals surface area contributed by atoms with E-state index in [-0.39, 0.29) is 0 Å². The zero-order valence-electron chi connectivity index (χ0n) is 12.1. The number of nitrogens with one attached hydrogen (secondary N) is 1. The molecule has 0 saturated carbocycles. The molecule has 0 aliphatic heterocycles. The van der Waals surface area contributed by atoms with E-state index in [0.717, 1.165) is 36.8 Å². The van der Waals surface area contributed by atoms with Gasteiger partial charge in [0.15, 0.2) is 0 Å². The number of aromatic nitrogens is 3. The van der Waals surface area contributed by atoms with E-state index in [0.29, 0.717) is 5.92 Å². The first-order chi connectivity index (χ1) is 9.04. The Labute approximate surface area is 118 Å². The standard InChI is InChI=1S/C14H22N4S/c1-10(2)7-18-8-11(3)17-14(18)15-6-5-13-16-12(4)9-19-13/h8-10H,5-7H2,1-4H3,(H,15,17). The smallest absolute Gasteiger partial charge is 0.203 e. The number of rotatable bonds is 6. The quantitative estimate of drug-likeness (QED) is 0.882. The van der Waals surface area contributed by atoms with Crippen molar-refractivity contribution in [3.8, 4) is 0 Å². The molecule has 0 unspecified atom stereocenters. The van der Waals surface area contributed by atoms with Crippen LogP contribution in [0.1, 0.15) is 30.2 Å². The maximum atomic E-state index is 4.53. The predicted octanol–water partition coefficient (Wildman–Crippen LogP) is 3.27. The lowest BCUT2D eigenvalue weighted by atomic mass is 10.2. The molecule has 2 heterocycles. The zero-order chi connectivity index (χ0) is 13.8. The molecule has 5 heteroatoms. The minimum absolute atomic E-state index is 0.621. The molecule has 4 nitrogen and oxygen atoms in total. The van der Waals surface area contributed by atoms with Crippen LogP contribution in [0.15, 0.2) is 11.6 Å². The van der Waals surface area contributed by atoms with Crippen molar-refractivity contribution in [1.82, 2.24) is 14.5 Å². The average Bonchev–Trinajstić information content (AvgIpc) is 2.85. The Balaban J connectivity index is 1.91. The summed E-state index contributed by atoms with van der Waals surface area (Å²) in [6.07, 6.45) is 3.06. The van der Waals surface area contributed by atoms with Crippen molar-refractivity contribution in [3.05, 3.63) is 28.0 Å². The molecule has 0 aliphatic rings. The van der Waals surface area contributed by atoms with Crippen molar-refractivity contribution in [2.45, 2.75) is 40.7 Å². The average molecular weight is 278 g/mol. The number of thiazole rings is 1. The van der Waals surface area contributed by atoms with Gasteiger partial charge in [-0.05, 0) is 19.8 Å². The predicted molar refractivity (Wildman–Crippen MR) is 80.8 cm³/mol. The molecule has 0 amide bonds. The highest BCUT2D eigenvalue weighted by Crippen LogP contribution is 2.13. The van der Waals surface area contributed by atoms with Gasteiger partial charge in [-0.1, -0.05) is 13.8 Å². The minimum atomic E-state index is 0.621. The first-order valence-electron chi connectivity index (χ1n) is 6.73. The maximum Gasteiger partial charge on any atom is 0.203 e. The number of aryl methyl sites for hydroxylation is 2. The normalized spacial score (nSPS) is 11.2. The van der Waals surface area contributed by atoms with Crippen LogP contribution in [0, 0.1) is 19.8 Å². The van der Waals surface area contributed by atoms with Gasteiger partial charge < -0.3 is 9.88 Å². The van der Waals surface area contributed by atoms with Gasteiger partial charge in [-0.25, -0.2) is 9.97 Å². The fourth-order valence-electron chi connectivity index (χ4n) is 2.02. The SMILES string of the molecule is Cc1csc(CCNc2nc(C)cn2CC(C)C)n1. The Morgan fingerprint density at radius 2 is 2.05 bits per heavy atom. The summed E-state index contributed by atoms with van der Waals surface area (Å²) in [5, 5.41) is 6.70. The molecule has 0 radical (unpaired) electrons. The fraction of sp³-hybridized carbons (Fsp3) is 0.571. The summed E-state index contributed by atoms with van der Waals surface area (Å²) in [7, 11) is 0. The van der Waals surface area contributed by atoms with Gasteiger partial charge in [0.1, 0.15) is 0 Å². The first-order valence-corrected chi connectivity index (χ1v) is 7.61. The Morgan fingerprint density at radius 1 is 1.26 bits per heavy atom. The van der Waals surface area contributed by atoms with Gasteiger partial charge in [0, 0.05) is 36.8 Å². The third-order valence-electron chi connectivity index (χ3n) is 2.75. The largest absolute Gasteiger partial charge is 0.355 e. The number of anilines is 1. The fourth-order valence-corrected chi connectivity index (χ4v) is 2.80. The van der Waals surface area contributed by atoms with E-state index in [1.165, 1.54) is 5.01 Å². The van der Waals surface area contributed by atoms with E-state index < -0.39 is 0 Å². The maximum absolute atomic E-state index is 4.53. The lowest BCUT2D eigenvalue weighted by Crippen LogP contribution is -2.12. The summed E-state index contributed by atoms with van der Waals surface area (Å²) in [5.41, 5.74) is 2.17. The van der Waals surface area contributed by atoms with Crippen molar-refractivity contribution in [3.63, 3.8) is 0 Å². The van der Waals surface area contributed by atoms with E-state index in [1.54, 1.807) is 11.3 Å². The lowest BCUT2D eigenvalue weighted by molar-refractivity contribution is 0.526. The van der Waals surface area contributed by atoms with Crippen LogP contribution in [0.25, 0.3) is 0 Å². The van der Waals surface area contributed by atoms with Crippen LogP contribution < -0.4 is 5.32 Å². The molecule has 0 aliphatic carbocycles. The molecule has 19 heavy (non-hydrogen) atoms.